The highest BCUT2D eigenvalue weighted by atomic mass is 16.6. The van der Waals surface area contributed by atoms with Crippen LogP contribution in [0.15, 0.2) is 0 Å². The third kappa shape index (κ3) is 8.70. The van der Waals surface area contributed by atoms with Crippen molar-refractivity contribution in [3.05, 3.63) is 0 Å². The third-order valence-corrected chi connectivity index (χ3v) is 4.71. The molecule has 1 unspecified atom stereocenters. The summed E-state index contributed by atoms with van der Waals surface area (Å²) < 4.78 is 5.33. The highest BCUT2D eigenvalue weighted by molar-refractivity contribution is 5.84. The van der Waals surface area contributed by atoms with Crippen molar-refractivity contribution >= 4 is 11.9 Å². The van der Waals surface area contributed by atoms with Crippen LogP contribution in [0.3, 0.4) is 0 Å². The van der Waals surface area contributed by atoms with Gasteiger partial charge in [0, 0.05) is 11.8 Å². The fourth-order valence-corrected chi connectivity index (χ4v) is 3.19. The predicted octanol–water partition coefficient (Wildman–Crippen LogP) is 4.22. The van der Waals surface area contributed by atoms with E-state index in [0.29, 0.717) is 12.3 Å². The van der Waals surface area contributed by atoms with Crippen molar-refractivity contribution in [2.75, 3.05) is 0 Å². The average molecular weight is 356 g/mol. The molecule has 0 bridgehead atoms. The fraction of sp³-hybridized carbons (Fsp3) is 0.900. The van der Waals surface area contributed by atoms with E-state index in [1.54, 1.807) is 0 Å². The Hall–Kier alpha value is -1.10. The molecule has 0 spiro atoms. The van der Waals surface area contributed by atoms with Gasteiger partial charge in [-0.05, 0) is 33.1 Å². The Balaban J connectivity index is 2.74. The number of alkyl carbamates (subject to hydrolysis) is 1. The van der Waals surface area contributed by atoms with E-state index in [9.17, 15) is 14.7 Å². The maximum absolute atomic E-state index is 12.3. The monoisotopic (exact) mass is 355 g/mol. The molecule has 1 fully saturated rings. The number of aliphatic hydroxyl groups is 1. The molecule has 2 N–H and O–H groups in total. The molecule has 25 heavy (non-hydrogen) atoms. The number of aliphatic hydroxyl groups excluding tert-OH is 1. The van der Waals surface area contributed by atoms with Crippen molar-refractivity contribution in [1.82, 2.24) is 5.32 Å². The second-order valence-electron chi connectivity index (χ2n) is 9.44. The van der Waals surface area contributed by atoms with Crippen LogP contribution >= 0.6 is 0 Å². The minimum atomic E-state index is -0.888. The molecule has 0 aromatic carbocycles. The van der Waals surface area contributed by atoms with Gasteiger partial charge in [-0.25, -0.2) is 4.79 Å². The van der Waals surface area contributed by atoms with Gasteiger partial charge in [-0.15, -0.1) is 0 Å². The maximum atomic E-state index is 12.3. The lowest BCUT2D eigenvalue weighted by Crippen LogP contribution is -2.47. The van der Waals surface area contributed by atoms with Gasteiger partial charge in [0.25, 0.3) is 0 Å². The summed E-state index contributed by atoms with van der Waals surface area (Å²) in [7, 11) is 0. The van der Waals surface area contributed by atoms with Gasteiger partial charge < -0.3 is 15.2 Å². The molecule has 0 heterocycles. The largest absolute Gasteiger partial charge is 0.444 e. The number of nitrogens with one attached hydrogen (secondary N) is 1. The summed E-state index contributed by atoms with van der Waals surface area (Å²) in [6, 6.07) is -0.454. The molecule has 0 aromatic rings. The number of Topliss-reactive ketones (excluding diaryl/α,β-unsaturated/α-hetero) is 1. The highest BCUT2D eigenvalue weighted by Gasteiger charge is 2.32. The molecule has 1 amide bonds. The van der Waals surface area contributed by atoms with Crippen molar-refractivity contribution in [2.24, 2.45) is 11.3 Å². The van der Waals surface area contributed by atoms with Crippen LogP contribution in [-0.4, -0.2) is 34.7 Å². The second-order valence-corrected chi connectivity index (χ2v) is 9.44. The van der Waals surface area contributed by atoms with E-state index < -0.39 is 29.3 Å². The molecule has 0 saturated heterocycles. The van der Waals surface area contributed by atoms with E-state index in [2.05, 4.69) is 5.32 Å². The Morgan fingerprint density at radius 3 is 2.12 bits per heavy atom. The van der Waals surface area contributed by atoms with Crippen LogP contribution in [0.2, 0.25) is 0 Å². The zero-order chi connectivity index (χ0) is 19.3. The number of hydrogen-bond donors (Lipinski definition) is 2. The molecule has 5 heteroatoms. The van der Waals surface area contributed by atoms with Gasteiger partial charge in [-0.1, -0.05) is 52.9 Å². The van der Waals surface area contributed by atoms with E-state index in [1.165, 1.54) is 19.3 Å². The zero-order valence-electron chi connectivity index (χ0n) is 16.9. The summed E-state index contributed by atoms with van der Waals surface area (Å²) in [5.41, 5.74) is -1.09. The number of rotatable bonds is 6. The van der Waals surface area contributed by atoms with E-state index in [0.717, 1.165) is 12.8 Å². The molecule has 1 saturated carbocycles. The minimum absolute atomic E-state index is 0.000340. The van der Waals surface area contributed by atoms with Gasteiger partial charge in [0.15, 0.2) is 0 Å². The maximum Gasteiger partial charge on any atom is 0.407 e. The third-order valence-electron chi connectivity index (χ3n) is 4.71. The lowest BCUT2D eigenvalue weighted by molar-refractivity contribution is -0.128. The van der Waals surface area contributed by atoms with E-state index >= 15 is 0 Å². The van der Waals surface area contributed by atoms with Crippen molar-refractivity contribution < 1.29 is 19.4 Å². The fourth-order valence-electron chi connectivity index (χ4n) is 3.19. The molecule has 146 valence electrons. The quantitative estimate of drug-likeness (QED) is 0.748. The van der Waals surface area contributed by atoms with Crippen LogP contribution in [0.1, 0.15) is 86.5 Å². The average Bonchev–Trinajstić information content (AvgIpc) is 2.44. The Labute approximate surface area is 152 Å². The lowest BCUT2D eigenvalue weighted by Gasteiger charge is -2.31. The Kier molecular flexibility index (Phi) is 7.91. The number of ether oxygens (including phenoxy) is 1. The molecular formula is C20H37NO4. The summed E-state index contributed by atoms with van der Waals surface area (Å²) in [6.45, 7) is 11.0. The predicted molar refractivity (Wildman–Crippen MR) is 99.4 cm³/mol. The normalized spacial score (nSPS) is 19.2. The Morgan fingerprint density at radius 2 is 1.64 bits per heavy atom. The first kappa shape index (κ1) is 21.9. The molecule has 0 aromatic heterocycles. The summed E-state index contributed by atoms with van der Waals surface area (Å²) in [6.07, 6.45) is 5.21. The van der Waals surface area contributed by atoms with Crippen LogP contribution in [0.4, 0.5) is 4.79 Å². The van der Waals surface area contributed by atoms with E-state index in [1.807, 2.05) is 41.5 Å². The lowest BCUT2D eigenvalue weighted by atomic mass is 9.81. The SMILES string of the molecule is CC(C)(C)OC(=O)N[C@@H](CC1CCCCC1)C(O)CC(=O)C(C)(C)C. The second kappa shape index (κ2) is 9.02. The minimum Gasteiger partial charge on any atom is -0.444 e. The summed E-state index contributed by atoms with van der Waals surface area (Å²) in [5, 5.41) is 13.4. The van der Waals surface area contributed by atoms with Gasteiger partial charge >= 0.3 is 6.09 Å². The Bertz CT molecular complexity index is 442. The topological polar surface area (TPSA) is 75.6 Å². The van der Waals surface area contributed by atoms with Crippen molar-refractivity contribution in [1.29, 1.82) is 0 Å². The van der Waals surface area contributed by atoms with Crippen LogP contribution in [0, 0.1) is 11.3 Å². The first-order chi connectivity index (χ1) is 11.4. The molecular weight excluding hydrogens is 318 g/mol. The van der Waals surface area contributed by atoms with Crippen LogP contribution < -0.4 is 5.32 Å². The van der Waals surface area contributed by atoms with Gasteiger partial charge in [0.1, 0.15) is 11.4 Å². The van der Waals surface area contributed by atoms with Crippen LogP contribution in [0.25, 0.3) is 0 Å². The zero-order valence-corrected chi connectivity index (χ0v) is 16.9. The highest BCUT2D eigenvalue weighted by Crippen LogP contribution is 2.29. The summed E-state index contributed by atoms with van der Waals surface area (Å²) in [4.78, 5) is 24.5. The molecule has 0 radical (unpaired) electrons. The first-order valence-electron chi connectivity index (χ1n) is 9.59. The standard InChI is InChI=1S/C20H37NO4/c1-19(2,3)17(23)13-16(22)15(12-14-10-8-7-9-11-14)21-18(24)25-20(4,5)6/h14-16,22H,7-13H2,1-6H3,(H,21,24)/t15-,16?/m0/s1. The van der Waals surface area contributed by atoms with Gasteiger partial charge in [-0.3, -0.25) is 4.79 Å². The summed E-state index contributed by atoms with van der Waals surface area (Å²) in [5.74, 6) is 0.479. The molecule has 1 aliphatic rings. The summed E-state index contributed by atoms with van der Waals surface area (Å²) >= 11 is 0. The van der Waals surface area contributed by atoms with Crippen molar-refractivity contribution in [2.45, 2.75) is 104 Å². The van der Waals surface area contributed by atoms with Gasteiger partial charge in [0.05, 0.1) is 12.1 Å². The number of ketones is 1. The molecule has 5 nitrogen and oxygen atoms in total. The number of carbonyl (C=O) groups excluding carboxylic acids is 2. The van der Waals surface area contributed by atoms with Crippen molar-refractivity contribution in [3.8, 4) is 0 Å². The first-order valence-corrected chi connectivity index (χ1v) is 9.59. The number of carbonyl (C=O) groups is 2. The molecule has 1 aliphatic carbocycles. The van der Waals surface area contributed by atoms with Crippen molar-refractivity contribution in [3.63, 3.8) is 0 Å². The molecule has 1 rings (SSSR count). The number of amides is 1. The number of hydrogen-bond acceptors (Lipinski definition) is 4. The molecule has 2 atom stereocenters. The van der Waals surface area contributed by atoms with Crippen LogP contribution in [-0.2, 0) is 9.53 Å². The van der Waals surface area contributed by atoms with Gasteiger partial charge in [-0.2, -0.15) is 0 Å². The smallest absolute Gasteiger partial charge is 0.407 e. The van der Waals surface area contributed by atoms with E-state index in [-0.39, 0.29) is 12.2 Å². The molecule has 0 aliphatic heterocycles. The van der Waals surface area contributed by atoms with Gasteiger partial charge in [0.2, 0.25) is 0 Å². The van der Waals surface area contributed by atoms with Crippen LogP contribution in [0.5, 0.6) is 0 Å². The Morgan fingerprint density at radius 1 is 1.08 bits per heavy atom. The van der Waals surface area contributed by atoms with E-state index in [4.69, 9.17) is 4.74 Å².